The summed E-state index contributed by atoms with van der Waals surface area (Å²) in [5, 5.41) is 0.998. The molecule has 0 saturated carbocycles. The minimum atomic E-state index is 0.396. The number of allylic oxidation sites excluding steroid dienone is 1. The normalized spacial score (nSPS) is 11.3. The summed E-state index contributed by atoms with van der Waals surface area (Å²) in [6, 6.07) is 7.01. The lowest BCUT2D eigenvalue weighted by atomic mass is 10.2. The van der Waals surface area contributed by atoms with E-state index in [4.69, 9.17) is 23.2 Å². The number of carbonyl (C=O) groups excluding carboxylic acids is 1. The third-order valence-corrected chi connectivity index (χ3v) is 1.89. The molecule has 1 aromatic rings. The van der Waals surface area contributed by atoms with E-state index in [9.17, 15) is 4.79 Å². The van der Waals surface area contributed by atoms with Gasteiger partial charge in [-0.2, -0.15) is 0 Å². The predicted octanol–water partition coefficient (Wildman–Crippen LogP) is 3.12. The topological polar surface area (TPSA) is 17.1 Å². The lowest BCUT2D eigenvalue weighted by molar-refractivity contribution is -0.104. The summed E-state index contributed by atoms with van der Waals surface area (Å²) in [5.41, 5.74) is 0.747. The molecule has 1 rings (SSSR count). The van der Waals surface area contributed by atoms with Crippen molar-refractivity contribution in [3.63, 3.8) is 0 Å². The van der Waals surface area contributed by atoms with Crippen molar-refractivity contribution in [2.75, 3.05) is 0 Å². The summed E-state index contributed by atoms with van der Waals surface area (Å²) in [7, 11) is 0. The van der Waals surface area contributed by atoms with Crippen LogP contribution in [-0.2, 0) is 4.79 Å². The Morgan fingerprint density at radius 3 is 2.75 bits per heavy atom. The van der Waals surface area contributed by atoms with E-state index < -0.39 is 0 Å². The minimum absolute atomic E-state index is 0.396. The maximum absolute atomic E-state index is 10.1. The van der Waals surface area contributed by atoms with E-state index in [1.54, 1.807) is 24.3 Å². The first-order chi connectivity index (χ1) is 5.74. The van der Waals surface area contributed by atoms with Gasteiger partial charge in [0.25, 0.3) is 0 Å². The summed E-state index contributed by atoms with van der Waals surface area (Å²) >= 11 is 11.5. The molecular weight excluding hydrogens is 195 g/mol. The second-order valence-electron chi connectivity index (χ2n) is 2.16. The number of hydrogen-bond donors (Lipinski definition) is 0. The van der Waals surface area contributed by atoms with Crippen LogP contribution in [0.5, 0.6) is 0 Å². The van der Waals surface area contributed by atoms with Crippen molar-refractivity contribution in [1.29, 1.82) is 0 Å². The summed E-state index contributed by atoms with van der Waals surface area (Å²) in [5.74, 6) is 0. The molecule has 0 heterocycles. The van der Waals surface area contributed by atoms with Gasteiger partial charge < -0.3 is 0 Å². The molecule has 1 aromatic carbocycles. The second-order valence-corrected chi connectivity index (χ2v) is 3.00. The third-order valence-electron chi connectivity index (χ3n) is 1.31. The molecule has 12 heavy (non-hydrogen) atoms. The zero-order valence-corrected chi connectivity index (χ0v) is 7.64. The van der Waals surface area contributed by atoms with Crippen molar-refractivity contribution >= 4 is 34.5 Å². The molecule has 0 bridgehead atoms. The highest BCUT2D eigenvalue weighted by Gasteiger charge is 1.96. The van der Waals surface area contributed by atoms with E-state index in [0.717, 1.165) is 5.56 Å². The van der Waals surface area contributed by atoms with E-state index in [0.29, 0.717) is 16.3 Å². The average Bonchev–Trinajstić information content (AvgIpc) is 2.05. The van der Waals surface area contributed by atoms with Gasteiger partial charge in [-0.15, -0.1) is 0 Å². The van der Waals surface area contributed by atoms with Crippen LogP contribution in [0.25, 0.3) is 5.03 Å². The van der Waals surface area contributed by atoms with Crippen LogP contribution in [0.2, 0.25) is 5.02 Å². The lowest BCUT2D eigenvalue weighted by Gasteiger charge is -1.97. The third kappa shape index (κ3) is 2.36. The molecule has 62 valence electrons. The van der Waals surface area contributed by atoms with Gasteiger partial charge in [-0.05, 0) is 23.8 Å². The fraction of sp³-hybridized carbons (Fsp3) is 0. The van der Waals surface area contributed by atoms with Crippen LogP contribution >= 0.6 is 23.2 Å². The maximum atomic E-state index is 10.1. The van der Waals surface area contributed by atoms with Crippen LogP contribution in [-0.4, -0.2) is 6.29 Å². The second kappa shape index (κ2) is 4.29. The predicted molar refractivity (Wildman–Crippen MR) is 51.3 cm³/mol. The Bertz CT molecular complexity index is 318. The summed E-state index contributed by atoms with van der Waals surface area (Å²) in [4.78, 5) is 10.1. The zero-order valence-electron chi connectivity index (χ0n) is 6.13. The van der Waals surface area contributed by atoms with Crippen molar-refractivity contribution < 1.29 is 4.79 Å². The molecule has 0 aliphatic carbocycles. The van der Waals surface area contributed by atoms with Crippen LogP contribution in [0, 0.1) is 0 Å². The van der Waals surface area contributed by atoms with E-state index in [-0.39, 0.29) is 0 Å². The SMILES string of the molecule is O=CC=C(Cl)c1cccc(Cl)c1. The van der Waals surface area contributed by atoms with Crippen molar-refractivity contribution in [1.82, 2.24) is 0 Å². The first-order valence-electron chi connectivity index (χ1n) is 3.31. The lowest BCUT2D eigenvalue weighted by Crippen LogP contribution is -1.76. The highest BCUT2D eigenvalue weighted by molar-refractivity contribution is 6.49. The Labute approximate surface area is 80.6 Å². The van der Waals surface area contributed by atoms with E-state index in [1.165, 1.54) is 6.08 Å². The van der Waals surface area contributed by atoms with Gasteiger partial charge in [0.2, 0.25) is 0 Å². The molecule has 0 unspecified atom stereocenters. The van der Waals surface area contributed by atoms with Gasteiger partial charge in [0.1, 0.15) is 6.29 Å². The standard InChI is InChI=1S/C9H6Cl2O/c10-8-3-1-2-7(6-8)9(11)4-5-12/h1-6H. The highest BCUT2D eigenvalue weighted by Crippen LogP contribution is 2.21. The van der Waals surface area contributed by atoms with E-state index in [2.05, 4.69) is 0 Å². The van der Waals surface area contributed by atoms with Gasteiger partial charge in [0.15, 0.2) is 0 Å². The van der Waals surface area contributed by atoms with Crippen molar-refractivity contribution in [3.8, 4) is 0 Å². The number of rotatable bonds is 2. The molecule has 0 aromatic heterocycles. The Balaban J connectivity index is 3.03. The Morgan fingerprint density at radius 2 is 2.17 bits per heavy atom. The fourth-order valence-corrected chi connectivity index (χ4v) is 1.15. The number of hydrogen-bond acceptors (Lipinski definition) is 1. The minimum Gasteiger partial charge on any atom is -0.299 e. The molecule has 0 amide bonds. The molecule has 0 fully saturated rings. The average molecular weight is 201 g/mol. The summed E-state index contributed by atoms with van der Waals surface area (Å²) < 4.78 is 0. The molecule has 0 spiro atoms. The van der Waals surface area contributed by atoms with Crippen LogP contribution in [0.1, 0.15) is 5.56 Å². The molecule has 3 heteroatoms. The summed E-state index contributed by atoms with van der Waals surface area (Å²) in [6.07, 6.45) is 1.93. The smallest absolute Gasteiger partial charge is 0.144 e. The molecular formula is C9H6Cl2O. The molecule has 1 nitrogen and oxygen atoms in total. The molecule has 0 radical (unpaired) electrons. The van der Waals surface area contributed by atoms with Gasteiger partial charge in [-0.3, -0.25) is 4.79 Å². The first kappa shape index (κ1) is 9.30. The molecule has 0 aliphatic rings. The van der Waals surface area contributed by atoms with E-state index in [1.807, 2.05) is 0 Å². The first-order valence-corrected chi connectivity index (χ1v) is 4.06. The number of aldehydes is 1. The van der Waals surface area contributed by atoms with Crippen molar-refractivity contribution in [2.45, 2.75) is 0 Å². The summed E-state index contributed by atoms with van der Waals surface area (Å²) in [6.45, 7) is 0. The number of halogens is 2. The Morgan fingerprint density at radius 1 is 1.42 bits per heavy atom. The fourth-order valence-electron chi connectivity index (χ4n) is 0.793. The maximum Gasteiger partial charge on any atom is 0.144 e. The Kier molecular flexibility index (Phi) is 3.32. The highest BCUT2D eigenvalue weighted by atomic mass is 35.5. The van der Waals surface area contributed by atoms with Crippen LogP contribution in [0.15, 0.2) is 30.3 Å². The van der Waals surface area contributed by atoms with Gasteiger partial charge >= 0.3 is 0 Å². The van der Waals surface area contributed by atoms with Crippen LogP contribution in [0.4, 0.5) is 0 Å². The van der Waals surface area contributed by atoms with Gasteiger partial charge in [0, 0.05) is 5.02 Å². The van der Waals surface area contributed by atoms with Crippen LogP contribution in [0.3, 0.4) is 0 Å². The number of carbonyl (C=O) groups is 1. The largest absolute Gasteiger partial charge is 0.299 e. The monoisotopic (exact) mass is 200 g/mol. The van der Waals surface area contributed by atoms with Gasteiger partial charge in [-0.1, -0.05) is 35.3 Å². The van der Waals surface area contributed by atoms with Crippen LogP contribution < -0.4 is 0 Å². The van der Waals surface area contributed by atoms with Gasteiger partial charge in [0.05, 0.1) is 5.03 Å². The number of benzene rings is 1. The van der Waals surface area contributed by atoms with Crippen molar-refractivity contribution in [2.24, 2.45) is 0 Å². The Hall–Kier alpha value is -0.790. The molecule has 0 atom stereocenters. The molecule has 0 aliphatic heterocycles. The van der Waals surface area contributed by atoms with Gasteiger partial charge in [-0.25, -0.2) is 0 Å². The molecule has 0 saturated heterocycles. The van der Waals surface area contributed by atoms with Crippen molar-refractivity contribution in [3.05, 3.63) is 40.9 Å². The molecule has 0 N–H and O–H groups in total. The van der Waals surface area contributed by atoms with E-state index >= 15 is 0 Å². The zero-order chi connectivity index (χ0) is 8.97. The quantitative estimate of drug-likeness (QED) is 0.530.